The first kappa shape index (κ1) is 32.0. The smallest absolute Gasteiger partial charge is 0.228 e. The van der Waals surface area contributed by atoms with Gasteiger partial charge in [0.2, 0.25) is 11.8 Å². The molecule has 0 saturated heterocycles. The number of methoxy groups -OCH3 is 1. The molecule has 242 valence electrons. The molecule has 4 aromatic rings. The fourth-order valence-corrected chi connectivity index (χ4v) is 9.08. The normalized spacial score (nSPS) is 21.7. The molecule has 2 amide bonds. The summed E-state index contributed by atoms with van der Waals surface area (Å²) in [6, 6.07) is 21.1. The number of rotatable bonds is 9. The molecule has 5 atom stereocenters. The Morgan fingerprint density at radius 2 is 1.85 bits per heavy atom. The fourth-order valence-electron chi connectivity index (χ4n) is 7.23. The first-order valence-electron chi connectivity index (χ1n) is 15.9. The number of nitrogens with one attached hydrogen (secondary N) is 2. The third-order valence-corrected chi connectivity index (χ3v) is 12.1. The molecule has 2 aliphatic rings. The molecule has 46 heavy (non-hydrogen) atoms. The Morgan fingerprint density at radius 1 is 1.11 bits per heavy atom. The number of aliphatic hydroxyl groups is 1. The van der Waals surface area contributed by atoms with Gasteiger partial charge in [-0.3, -0.25) is 9.59 Å². The van der Waals surface area contributed by atoms with Crippen molar-refractivity contribution in [2.75, 3.05) is 19.0 Å². The highest BCUT2D eigenvalue weighted by Gasteiger charge is 2.48. The van der Waals surface area contributed by atoms with Crippen LogP contribution in [0.1, 0.15) is 41.7 Å². The molecule has 1 unspecified atom stereocenters. The van der Waals surface area contributed by atoms with E-state index in [4.69, 9.17) is 9.47 Å². The summed E-state index contributed by atoms with van der Waals surface area (Å²) in [6.07, 6.45) is 1.96. The molecule has 3 heterocycles. The molecule has 2 aliphatic heterocycles. The molecule has 3 aromatic carbocycles. The van der Waals surface area contributed by atoms with Crippen molar-refractivity contribution in [2.45, 2.75) is 69.6 Å². The number of anilines is 1. The summed E-state index contributed by atoms with van der Waals surface area (Å²) >= 11 is 0. The van der Waals surface area contributed by atoms with Gasteiger partial charge in [-0.25, -0.2) is 0 Å². The molecule has 0 fully saturated rings. The molecule has 0 radical (unpaired) electrons. The molecule has 0 saturated carbocycles. The number of para-hydroxylation sites is 1. The summed E-state index contributed by atoms with van der Waals surface area (Å²) in [7, 11) is -1.30. The van der Waals surface area contributed by atoms with Gasteiger partial charge < -0.3 is 34.6 Å². The van der Waals surface area contributed by atoms with Crippen molar-refractivity contribution in [2.24, 2.45) is 5.92 Å². The summed E-state index contributed by atoms with van der Waals surface area (Å²) in [5.74, 6) is 0.189. The standard InChI is InChI=1S/C36H43N3O6Si/c1-22-35(44-2)29-17-26(38-33(41)16-25-19-37-30-12-8-7-11-28(25)30)13-14-31(29)45-36(22)32(46(3,4)43)18-34(42)39-20-24-10-6-5-9-23(24)15-27(39)21-40/h5-14,17,19,22,27,32,35-37,40,43H,15-16,18,20-21H2,1-4H3,(H,38,41)/t22-,27+,32?,35-,36-/m1/s1. The molecule has 10 heteroatoms. The minimum atomic E-state index is -2.94. The highest BCUT2D eigenvalue weighted by atomic mass is 28.4. The van der Waals surface area contributed by atoms with Crippen LogP contribution in [0.5, 0.6) is 5.75 Å². The summed E-state index contributed by atoms with van der Waals surface area (Å²) < 4.78 is 12.6. The lowest BCUT2D eigenvalue weighted by Gasteiger charge is -2.44. The number of ether oxygens (including phenoxy) is 2. The van der Waals surface area contributed by atoms with Crippen molar-refractivity contribution in [3.63, 3.8) is 0 Å². The van der Waals surface area contributed by atoms with Crippen LogP contribution in [0.4, 0.5) is 5.69 Å². The summed E-state index contributed by atoms with van der Waals surface area (Å²) in [4.78, 5) is 43.5. The van der Waals surface area contributed by atoms with Gasteiger partial charge in [-0.2, -0.15) is 0 Å². The van der Waals surface area contributed by atoms with Crippen molar-refractivity contribution >= 4 is 36.7 Å². The average molecular weight is 642 g/mol. The Balaban J connectivity index is 1.20. The first-order valence-corrected chi connectivity index (χ1v) is 19.0. The molecular formula is C36H43N3O6Si. The Hall–Kier alpha value is -3.96. The minimum absolute atomic E-state index is 0.1000. The first-order chi connectivity index (χ1) is 22.1. The van der Waals surface area contributed by atoms with Gasteiger partial charge in [0.15, 0.2) is 8.32 Å². The van der Waals surface area contributed by atoms with Crippen LogP contribution < -0.4 is 10.1 Å². The van der Waals surface area contributed by atoms with E-state index in [0.717, 1.165) is 33.2 Å². The van der Waals surface area contributed by atoms with Crippen LogP contribution >= 0.6 is 0 Å². The van der Waals surface area contributed by atoms with Crippen LogP contribution in [0.3, 0.4) is 0 Å². The van der Waals surface area contributed by atoms with Crippen molar-refractivity contribution in [1.29, 1.82) is 0 Å². The Morgan fingerprint density at radius 3 is 2.59 bits per heavy atom. The lowest BCUT2D eigenvalue weighted by Crippen LogP contribution is -2.52. The zero-order valence-electron chi connectivity index (χ0n) is 26.8. The second kappa shape index (κ2) is 13.0. The van der Waals surface area contributed by atoms with Crippen LogP contribution in [-0.4, -0.2) is 65.8 Å². The molecule has 9 nitrogen and oxygen atoms in total. The highest BCUT2D eigenvalue weighted by Crippen LogP contribution is 2.47. The summed E-state index contributed by atoms with van der Waals surface area (Å²) in [5, 5.41) is 14.2. The molecule has 0 spiro atoms. The van der Waals surface area contributed by atoms with Crippen LogP contribution in [0.15, 0.2) is 72.9 Å². The number of hydrogen-bond donors (Lipinski definition) is 4. The third kappa shape index (κ3) is 6.35. The second-order valence-corrected chi connectivity index (χ2v) is 17.3. The number of fused-ring (bicyclic) bond motifs is 3. The lowest BCUT2D eigenvalue weighted by atomic mass is 9.86. The third-order valence-electron chi connectivity index (χ3n) is 9.72. The van der Waals surface area contributed by atoms with Gasteiger partial charge in [0, 0.05) is 59.9 Å². The van der Waals surface area contributed by atoms with Gasteiger partial charge in [-0.1, -0.05) is 49.4 Å². The van der Waals surface area contributed by atoms with E-state index in [1.165, 1.54) is 0 Å². The number of carbonyl (C=O) groups excluding carboxylic acids is 2. The number of aromatic amines is 1. The van der Waals surface area contributed by atoms with Crippen molar-refractivity contribution in [3.05, 3.63) is 95.2 Å². The maximum absolute atomic E-state index is 13.9. The molecule has 0 aliphatic carbocycles. The topological polar surface area (TPSA) is 124 Å². The molecule has 4 N–H and O–H groups in total. The zero-order valence-corrected chi connectivity index (χ0v) is 27.8. The van der Waals surface area contributed by atoms with Gasteiger partial charge in [-0.15, -0.1) is 0 Å². The van der Waals surface area contributed by atoms with Gasteiger partial charge >= 0.3 is 0 Å². The van der Waals surface area contributed by atoms with Crippen LogP contribution in [0, 0.1) is 5.92 Å². The van der Waals surface area contributed by atoms with E-state index in [-0.39, 0.29) is 49.3 Å². The highest BCUT2D eigenvalue weighted by molar-refractivity contribution is 6.71. The lowest BCUT2D eigenvalue weighted by molar-refractivity contribution is -0.136. The molecule has 1 aromatic heterocycles. The van der Waals surface area contributed by atoms with Crippen molar-refractivity contribution < 1.29 is 29.0 Å². The van der Waals surface area contributed by atoms with E-state index in [1.54, 1.807) is 12.0 Å². The van der Waals surface area contributed by atoms with Crippen LogP contribution in [0.2, 0.25) is 18.6 Å². The number of H-pyrrole nitrogens is 1. The van der Waals surface area contributed by atoms with E-state index in [2.05, 4.69) is 10.3 Å². The Bertz CT molecular complexity index is 1730. The van der Waals surface area contributed by atoms with E-state index < -0.39 is 20.0 Å². The fraction of sp³-hybridized carbons (Fsp3) is 0.389. The van der Waals surface area contributed by atoms with Crippen molar-refractivity contribution in [1.82, 2.24) is 9.88 Å². The maximum Gasteiger partial charge on any atom is 0.228 e. The number of hydrogen-bond acceptors (Lipinski definition) is 6. The van der Waals surface area contributed by atoms with E-state index in [1.807, 2.05) is 92.9 Å². The molecule has 0 bridgehead atoms. The summed E-state index contributed by atoms with van der Waals surface area (Å²) in [5.41, 5.74) is 5.18. The van der Waals surface area contributed by atoms with Gasteiger partial charge in [-0.05, 0) is 60.5 Å². The van der Waals surface area contributed by atoms with E-state index in [9.17, 15) is 19.5 Å². The van der Waals surface area contributed by atoms with Gasteiger partial charge in [0.25, 0.3) is 0 Å². The Kier molecular flexibility index (Phi) is 9.07. The van der Waals surface area contributed by atoms with E-state index in [0.29, 0.717) is 24.4 Å². The number of aromatic nitrogens is 1. The average Bonchev–Trinajstić information content (AvgIpc) is 3.44. The SMILES string of the molecule is CO[C@H]1c2cc(NC(=O)Cc3c[nH]c4ccccc34)ccc2O[C@@H](C(CC(=O)N2Cc3ccccc3C[C@H]2CO)[Si](C)(C)O)[C@@H]1C. The van der Waals surface area contributed by atoms with Crippen LogP contribution in [-0.2, 0) is 33.7 Å². The van der Waals surface area contributed by atoms with Gasteiger partial charge in [0.05, 0.1) is 25.2 Å². The number of carbonyl (C=O) groups is 2. The predicted octanol–water partition coefficient (Wildman–Crippen LogP) is 5.34. The van der Waals surface area contributed by atoms with Gasteiger partial charge in [0.1, 0.15) is 11.9 Å². The minimum Gasteiger partial charge on any atom is -0.490 e. The zero-order chi connectivity index (χ0) is 32.6. The molecule has 6 rings (SSSR count). The number of nitrogens with zero attached hydrogens (tertiary/aromatic N) is 1. The van der Waals surface area contributed by atoms with Crippen molar-refractivity contribution in [3.8, 4) is 5.75 Å². The second-order valence-electron chi connectivity index (χ2n) is 13.2. The number of benzene rings is 3. The van der Waals surface area contributed by atoms with E-state index >= 15 is 0 Å². The summed E-state index contributed by atoms with van der Waals surface area (Å²) in [6.45, 7) is 6.02. The number of aliphatic hydroxyl groups excluding tert-OH is 1. The predicted molar refractivity (Wildman–Crippen MR) is 180 cm³/mol. The number of amides is 2. The van der Waals surface area contributed by atoms with Crippen LogP contribution in [0.25, 0.3) is 10.9 Å². The Labute approximate surface area is 270 Å². The maximum atomic E-state index is 13.9. The molecular weight excluding hydrogens is 598 g/mol. The quantitative estimate of drug-likeness (QED) is 0.183. The largest absolute Gasteiger partial charge is 0.490 e. The monoisotopic (exact) mass is 641 g/mol.